The molecular weight excluding hydrogens is 260 g/mol. The van der Waals surface area contributed by atoms with Crippen LogP contribution in [-0.2, 0) is 6.42 Å². The Labute approximate surface area is 129 Å². The molecule has 2 atom stereocenters. The van der Waals surface area contributed by atoms with E-state index in [0.717, 1.165) is 31.4 Å². The highest BCUT2D eigenvalue weighted by atomic mass is 16.3. The molecule has 0 spiro atoms. The molecule has 1 saturated carbocycles. The monoisotopic (exact) mass is 292 g/mol. The average molecular weight is 292 g/mol. The van der Waals surface area contributed by atoms with Gasteiger partial charge in [0.15, 0.2) is 0 Å². The van der Waals surface area contributed by atoms with Crippen molar-refractivity contribution in [3.63, 3.8) is 0 Å². The first-order valence-electron chi connectivity index (χ1n) is 8.53. The SMILES string of the molecule is CCC(CC)n1ccc(CC2(O)CC(C)CC(C)(C)C2)n1. The molecule has 0 saturated heterocycles. The zero-order valence-corrected chi connectivity index (χ0v) is 14.4. The van der Waals surface area contributed by atoms with Crippen molar-refractivity contribution in [1.82, 2.24) is 9.78 Å². The molecule has 1 aromatic rings. The van der Waals surface area contributed by atoms with Gasteiger partial charge in [-0.3, -0.25) is 4.68 Å². The zero-order valence-electron chi connectivity index (χ0n) is 14.4. The van der Waals surface area contributed by atoms with Crippen molar-refractivity contribution in [3.05, 3.63) is 18.0 Å². The van der Waals surface area contributed by atoms with Gasteiger partial charge in [0, 0.05) is 12.6 Å². The summed E-state index contributed by atoms with van der Waals surface area (Å²) in [6.45, 7) is 11.2. The number of rotatable bonds is 5. The highest BCUT2D eigenvalue weighted by Crippen LogP contribution is 2.45. The molecule has 3 heteroatoms. The highest BCUT2D eigenvalue weighted by molar-refractivity contribution is 5.07. The molecule has 2 rings (SSSR count). The average Bonchev–Trinajstić information content (AvgIpc) is 2.74. The fraction of sp³-hybridized carbons (Fsp3) is 0.833. The van der Waals surface area contributed by atoms with Crippen LogP contribution in [0, 0.1) is 11.3 Å². The molecule has 0 bridgehead atoms. The maximum absolute atomic E-state index is 11.0. The Balaban J connectivity index is 2.10. The van der Waals surface area contributed by atoms with E-state index in [-0.39, 0.29) is 5.41 Å². The topological polar surface area (TPSA) is 38.0 Å². The molecule has 1 aromatic heterocycles. The van der Waals surface area contributed by atoms with Crippen LogP contribution in [0.2, 0.25) is 0 Å². The second kappa shape index (κ2) is 6.12. The maximum Gasteiger partial charge on any atom is 0.0711 e. The molecular formula is C18H32N2O. The van der Waals surface area contributed by atoms with E-state index in [4.69, 9.17) is 5.10 Å². The van der Waals surface area contributed by atoms with Gasteiger partial charge in [0.1, 0.15) is 0 Å². The first-order valence-corrected chi connectivity index (χ1v) is 8.53. The third-order valence-electron chi connectivity index (χ3n) is 4.93. The van der Waals surface area contributed by atoms with Crippen LogP contribution in [0.15, 0.2) is 12.3 Å². The normalized spacial score (nSPS) is 29.0. The van der Waals surface area contributed by atoms with Crippen LogP contribution >= 0.6 is 0 Å². The fourth-order valence-corrected chi connectivity index (χ4v) is 4.51. The number of hydrogen-bond acceptors (Lipinski definition) is 2. The van der Waals surface area contributed by atoms with Gasteiger partial charge in [-0.1, -0.05) is 34.6 Å². The van der Waals surface area contributed by atoms with Gasteiger partial charge in [-0.05, 0) is 49.5 Å². The van der Waals surface area contributed by atoms with Crippen LogP contribution in [0.4, 0.5) is 0 Å². The van der Waals surface area contributed by atoms with Crippen molar-refractivity contribution in [2.45, 2.75) is 84.8 Å². The van der Waals surface area contributed by atoms with Gasteiger partial charge in [0.25, 0.3) is 0 Å². The van der Waals surface area contributed by atoms with Crippen molar-refractivity contribution < 1.29 is 5.11 Å². The van der Waals surface area contributed by atoms with Crippen LogP contribution in [0.1, 0.15) is 78.5 Å². The minimum absolute atomic E-state index is 0.227. The number of aliphatic hydroxyl groups is 1. The van der Waals surface area contributed by atoms with E-state index in [0.29, 0.717) is 18.4 Å². The molecule has 1 N–H and O–H groups in total. The second-order valence-electron chi connectivity index (χ2n) is 8.01. The van der Waals surface area contributed by atoms with Crippen molar-refractivity contribution >= 4 is 0 Å². The molecule has 1 fully saturated rings. The summed E-state index contributed by atoms with van der Waals surface area (Å²) in [5.41, 5.74) is 0.674. The van der Waals surface area contributed by atoms with E-state index in [2.05, 4.69) is 51.6 Å². The lowest BCUT2D eigenvalue weighted by atomic mass is 9.64. The molecule has 0 aromatic carbocycles. The van der Waals surface area contributed by atoms with Crippen LogP contribution in [0.25, 0.3) is 0 Å². The van der Waals surface area contributed by atoms with Gasteiger partial charge >= 0.3 is 0 Å². The lowest BCUT2D eigenvalue weighted by Gasteiger charge is -2.44. The predicted octanol–water partition coefficient (Wildman–Crippen LogP) is 4.36. The van der Waals surface area contributed by atoms with Gasteiger partial charge in [-0.15, -0.1) is 0 Å². The Hall–Kier alpha value is -0.830. The Kier molecular flexibility index (Phi) is 4.82. The standard InChI is InChI=1S/C18H32N2O/c1-6-16(7-2)20-9-8-15(19-20)12-18(21)11-14(3)10-17(4,5)13-18/h8-9,14,16,21H,6-7,10-13H2,1-5H3. The quantitative estimate of drug-likeness (QED) is 0.875. The Morgan fingerprint density at radius 2 is 2.00 bits per heavy atom. The Morgan fingerprint density at radius 3 is 2.57 bits per heavy atom. The number of hydrogen-bond donors (Lipinski definition) is 1. The minimum atomic E-state index is -0.589. The summed E-state index contributed by atoms with van der Waals surface area (Å²) in [5.74, 6) is 0.583. The lowest BCUT2D eigenvalue weighted by molar-refractivity contribution is -0.0581. The van der Waals surface area contributed by atoms with E-state index in [1.54, 1.807) is 0 Å². The number of nitrogens with zero attached hydrogens (tertiary/aromatic N) is 2. The van der Waals surface area contributed by atoms with Gasteiger partial charge in [0.2, 0.25) is 0 Å². The summed E-state index contributed by atoms with van der Waals surface area (Å²) in [6, 6.07) is 2.57. The summed E-state index contributed by atoms with van der Waals surface area (Å²) in [4.78, 5) is 0. The van der Waals surface area contributed by atoms with E-state index in [1.807, 2.05) is 0 Å². The van der Waals surface area contributed by atoms with Crippen molar-refractivity contribution in [3.8, 4) is 0 Å². The lowest BCUT2D eigenvalue weighted by Crippen LogP contribution is -2.43. The van der Waals surface area contributed by atoms with E-state index in [9.17, 15) is 5.11 Å². The third-order valence-corrected chi connectivity index (χ3v) is 4.93. The van der Waals surface area contributed by atoms with E-state index in [1.165, 1.54) is 6.42 Å². The Bertz CT molecular complexity index is 462. The summed E-state index contributed by atoms with van der Waals surface area (Å²) in [5, 5.41) is 15.8. The van der Waals surface area contributed by atoms with Gasteiger partial charge in [-0.2, -0.15) is 5.10 Å². The molecule has 2 unspecified atom stereocenters. The van der Waals surface area contributed by atoms with Gasteiger partial charge < -0.3 is 5.11 Å². The maximum atomic E-state index is 11.0. The highest BCUT2D eigenvalue weighted by Gasteiger charge is 2.41. The smallest absolute Gasteiger partial charge is 0.0711 e. The summed E-state index contributed by atoms with van der Waals surface area (Å²) in [7, 11) is 0. The molecule has 0 amide bonds. The minimum Gasteiger partial charge on any atom is -0.389 e. The molecule has 1 aliphatic rings. The zero-order chi connectivity index (χ0) is 15.7. The predicted molar refractivity (Wildman–Crippen MR) is 87.3 cm³/mol. The molecule has 21 heavy (non-hydrogen) atoms. The largest absolute Gasteiger partial charge is 0.389 e. The second-order valence-corrected chi connectivity index (χ2v) is 8.01. The van der Waals surface area contributed by atoms with Crippen LogP contribution < -0.4 is 0 Å². The molecule has 3 nitrogen and oxygen atoms in total. The Morgan fingerprint density at radius 1 is 1.33 bits per heavy atom. The molecule has 1 heterocycles. The summed E-state index contributed by atoms with van der Waals surface area (Å²) >= 11 is 0. The van der Waals surface area contributed by atoms with Crippen LogP contribution in [0.3, 0.4) is 0 Å². The van der Waals surface area contributed by atoms with Crippen LogP contribution in [-0.4, -0.2) is 20.5 Å². The molecule has 0 radical (unpaired) electrons. The molecule has 120 valence electrons. The molecule has 1 aliphatic carbocycles. The van der Waals surface area contributed by atoms with E-state index < -0.39 is 5.60 Å². The van der Waals surface area contributed by atoms with Gasteiger partial charge in [0.05, 0.1) is 17.3 Å². The molecule has 0 aliphatic heterocycles. The third kappa shape index (κ3) is 4.09. The van der Waals surface area contributed by atoms with Crippen molar-refractivity contribution in [2.75, 3.05) is 0 Å². The summed E-state index contributed by atoms with van der Waals surface area (Å²) < 4.78 is 2.08. The van der Waals surface area contributed by atoms with Gasteiger partial charge in [-0.25, -0.2) is 0 Å². The van der Waals surface area contributed by atoms with Crippen molar-refractivity contribution in [2.24, 2.45) is 11.3 Å². The van der Waals surface area contributed by atoms with Crippen LogP contribution in [0.5, 0.6) is 0 Å². The van der Waals surface area contributed by atoms with E-state index >= 15 is 0 Å². The first-order chi connectivity index (χ1) is 9.77. The fourth-order valence-electron chi connectivity index (χ4n) is 4.51. The first kappa shape index (κ1) is 16.5. The number of aromatic nitrogens is 2. The van der Waals surface area contributed by atoms with Crippen molar-refractivity contribution in [1.29, 1.82) is 0 Å². The summed E-state index contributed by atoms with van der Waals surface area (Å²) in [6.07, 6.45) is 7.95.